The van der Waals surface area contributed by atoms with Gasteiger partial charge in [0.1, 0.15) is 17.4 Å². The molecule has 0 spiro atoms. The molecular formula is C19H28Cl3N3O2S. The van der Waals surface area contributed by atoms with Crippen LogP contribution in [0.4, 0.5) is 0 Å². The van der Waals surface area contributed by atoms with E-state index < -0.39 is 0 Å². The Bertz CT molecular complexity index is 711. The van der Waals surface area contributed by atoms with Gasteiger partial charge in [0, 0.05) is 30.0 Å². The number of benzene rings is 1. The van der Waals surface area contributed by atoms with Gasteiger partial charge in [0.15, 0.2) is 0 Å². The van der Waals surface area contributed by atoms with Gasteiger partial charge < -0.3 is 15.4 Å². The van der Waals surface area contributed by atoms with E-state index in [1.807, 2.05) is 24.6 Å². The van der Waals surface area contributed by atoms with Crippen LogP contribution in [0, 0.1) is 5.92 Å². The first-order valence-corrected chi connectivity index (χ1v) is 9.92. The summed E-state index contributed by atoms with van der Waals surface area (Å²) < 4.78 is 5.68. The lowest BCUT2D eigenvalue weighted by Crippen LogP contribution is -2.35. The molecule has 1 aromatic heterocycles. The highest BCUT2D eigenvalue weighted by atomic mass is 35.5. The fourth-order valence-electron chi connectivity index (χ4n) is 2.26. The van der Waals surface area contributed by atoms with Gasteiger partial charge in [0.25, 0.3) is 0 Å². The quantitative estimate of drug-likeness (QED) is 0.584. The van der Waals surface area contributed by atoms with Gasteiger partial charge in [0.2, 0.25) is 5.91 Å². The maximum atomic E-state index is 12.3. The van der Waals surface area contributed by atoms with E-state index in [1.54, 1.807) is 17.0 Å². The molecule has 1 unspecified atom stereocenters. The number of carbonyl (C=O) groups excluding carboxylic acids is 1. The Morgan fingerprint density at radius 2 is 1.93 bits per heavy atom. The minimum Gasteiger partial charge on any atom is -0.486 e. The van der Waals surface area contributed by atoms with Gasteiger partial charge in [-0.15, -0.1) is 36.2 Å². The SMILES string of the molecule is CC(C)C(N)CCN(C)C(=O)Cc1csc(COc2ccc(Cl)cc2)n1.Cl.Cl. The van der Waals surface area contributed by atoms with Gasteiger partial charge in [-0.1, -0.05) is 25.4 Å². The normalized spacial score (nSPS) is 11.4. The zero-order valence-corrected chi connectivity index (χ0v) is 19.5. The van der Waals surface area contributed by atoms with Crippen LogP contribution in [0.3, 0.4) is 0 Å². The lowest BCUT2D eigenvalue weighted by molar-refractivity contribution is -0.129. The molecule has 9 heteroatoms. The third kappa shape index (κ3) is 8.97. The molecule has 1 amide bonds. The maximum Gasteiger partial charge on any atom is 0.228 e. The third-order valence-corrected chi connectivity index (χ3v) is 5.31. The molecule has 2 N–H and O–H groups in total. The highest BCUT2D eigenvalue weighted by Gasteiger charge is 2.15. The smallest absolute Gasteiger partial charge is 0.228 e. The Labute approximate surface area is 188 Å². The van der Waals surface area contributed by atoms with Crippen molar-refractivity contribution in [2.45, 2.75) is 39.3 Å². The highest BCUT2D eigenvalue weighted by Crippen LogP contribution is 2.18. The summed E-state index contributed by atoms with van der Waals surface area (Å²) in [5.74, 6) is 1.21. The number of amides is 1. The molecule has 0 radical (unpaired) electrons. The number of hydrogen-bond donors (Lipinski definition) is 1. The molecule has 1 heterocycles. The van der Waals surface area contributed by atoms with Crippen molar-refractivity contribution in [1.29, 1.82) is 0 Å². The van der Waals surface area contributed by atoms with Crippen LogP contribution in [-0.4, -0.2) is 35.4 Å². The number of nitrogens with two attached hydrogens (primary N) is 1. The summed E-state index contributed by atoms with van der Waals surface area (Å²) in [6, 6.07) is 7.31. The molecule has 1 aromatic carbocycles. The lowest BCUT2D eigenvalue weighted by Gasteiger charge is -2.21. The summed E-state index contributed by atoms with van der Waals surface area (Å²) in [4.78, 5) is 18.5. The second-order valence-corrected chi connectivity index (χ2v) is 8.04. The first-order valence-electron chi connectivity index (χ1n) is 8.66. The number of carbonyl (C=O) groups is 1. The van der Waals surface area contributed by atoms with E-state index in [1.165, 1.54) is 11.3 Å². The minimum absolute atomic E-state index is 0. The number of rotatable bonds is 9. The molecule has 0 aliphatic rings. The summed E-state index contributed by atoms with van der Waals surface area (Å²) >= 11 is 7.35. The van der Waals surface area contributed by atoms with E-state index in [9.17, 15) is 4.79 Å². The molecule has 1 atom stereocenters. The third-order valence-electron chi connectivity index (χ3n) is 4.19. The van der Waals surface area contributed by atoms with Gasteiger partial charge in [-0.2, -0.15) is 0 Å². The maximum absolute atomic E-state index is 12.3. The number of nitrogens with zero attached hydrogens (tertiary/aromatic N) is 2. The van der Waals surface area contributed by atoms with Crippen molar-refractivity contribution in [2.75, 3.05) is 13.6 Å². The second-order valence-electron chi connectivity index (χ2n) is 6.66. The number of ether oxygens (including phenoxy) is 1. The Morgan fingerprint density at radius 3 is 2.54 bits per heavy atom. The van der Waals surface area contributed by atoms with E-state index in [2.05, 4.69) is 18.8 Å². The molecule has 2 aromatic rings. The molecule has 0 bridgehead atoms. The van der Waals surface area contributed by atoms with E-state index in [0.717, 1.165) is 22.9 Å². The Morgan fingerprint density at radius 1 is 1.29 bits per heavy atom. The number of likely N-dealkylation sites (N-methyl/N-ethyl adjacent to an activating group) is 1. The summed E-state index contributed by atoms with van der Waals surface area (Å²) in [6.07, 6.45) is 1.10. The molecule has 0 aliphatic carbocycles. The molecule has 5 nitrogen and oxygen atoms in total. The van der Waals surface area contributed by atoms with Crippen LogP contribution >= 0.6 is 47.8 Å². The zero-order valence-electron chi connectivity index (χ0n) is 16.3. The molecule has 0 saturated carbocycles. The van der Waals surface area contributed by atoms with Gasteiger partial charge in [-0.25, -0.2) is 4.98 Å². The first-order chi connectivity index (χ1) is 12.3. The van der Waals surface area contributed by atoms with Gasteiger partial charge in [-0.05, 0) is 36.6 Å². The van der Waals surface area contributed by atoms with Crippen molar-refractivity contribution in [3.63, 3.8) is 0 Å². The van der Waals surface area contributed by atoms with Gasteiger partial charge >= 0.3 is 0 Å². The van der Waals surface area contributed by atoms with E-state index in [-0.39, 0.29) is 36.8 Å². The first kappa shape index (κ1) is 27.0. The van der Waals surface area contributed by atoms with Crippen molar-refractivity contribution in [2.24, 2.45) is 11.7 Å². The van der Waals surface area contributed by atoms with Crippen LogP contribution in [0.25, 0.3) is 0 Å². The van der Waals surface area contributed by atoms with Crippen molar-refractivity contribution in [3.8, 4) is 5.75 Å². The monoisotopic (exact) mass is 467 g/mol. The summed E-state index contributed by atoms with van der Waals surface area (Å²) in [6.45, 7) is 5.22. The molecular weight excluding hydrogens is 441 g/mol. The Hall–Kier alpha value is -1.05. The topological polar surface area (TPSA) is 68.5 Å². The average Bonchev–Trinajstić information content (AvgIpc) is 3.06. The fourth-order valence-corrected chi connectivity index (χ4v) is 3.09. The van der Waals surface area contributed by atoms with Crippen LogP contribution in [0.2, 0.25) is 5.02 Å². The number of hydrogen-bond acceptors (Lipinski definition) is 5. The van der Waals surface area contributed by atoms with Crippen LogP contribution in [0.15, 0.2) is 29.6 Å². The van der Waals surface area contributed by atoms with Gasteiger partial charge in [0.05, 0.1) is 12.1 Å². The molecule has 2 rings (SSSR count). The van der Waals surface area contributed by atoms with Crippen molar-refractivity contribution in [3.05, 3.63) is 45.4 Å². The van der Waals surface area contributed by atoms with Crippen LogP contribution in [0.1, 0.15) is 31.0 Å². The van der Waals surface area contributed by atoms with Crippen molar-refractivity contribution < 1.29 is 9.53 Å². The van der Waals surface area contributed by atoms with Crippen LogP contribution < -0.4 is 10.5 Å². The summed E-state index contributed by atoms with van der Waals surface area (Å²) in [7, 11) is 1.81. The highest BCUT2D eigenvalue weighted by molar-refractivity contribution is 7.09. The second kappa shape index (κ2) is 13.2. The lowest BCUT2D eigenvalue weighted by atomic mass is 10.0. The van der Waals surface area contributed by atoms with Crippen molar-refractivity contribution in [1.82, 2.24) is 9.88 Å². The number of halogens is 3. The van der Waals surface area contributed by atoms with E-state index in [4.69, 9.17) is 22.1 Å². The van der Waals surface area contributed by atoms with Crippen LogP contribution in [0.5, 0.6) is 5.75 Å². The largest absolute Gasteiger partial charge is 0.486 e. The predicted molar refractivity (Wildman–Crippen MR) is 121 cm³/mol. The average molecular weight is 469 g/mol. The molecule has 0 saturated heterocycles. The summed E-state index contributed by atoms with van der Waals surface area (Å²) in [5.41, 5.74) is 6.81. The van der Waals surface area contributed by atoms with E-state index in [0.29, 0.717) is 30.5 Å². The summed E-state index contributed by atoms with van der Waals surface area (Å²) in [5, 5.41) is 3.42. The minimum atomic E-state index is 0. The van der Waals surface area contributed by atoms with Crippen molar-refractivity contribution >= 4 is 53.7 Å². The number of thiazole rings is 1. The standard InChI is InChI=1S/C19H26ClN3O2S.2ClH/c1-13(2)17(21)8-9-23(3)19(24)10-15-12-26-18(22-15)11-25-16-6-4-14(20)5-7-16;;/h4-7,12-13,17H,8-11,21H2,1-3H3;2*1H. The fraction of sp³-hybridized carbons (Fsp3) is 0.474. The zero-order chi connectivity index (χ0) is 19.1. The Kier molecular flexibility index (Phi) is 12.7. The van der Waals surface area contributed by atoms with E-state index >= 15 is 0 Å². The number of aromatic nitrogens is 1. The predicted octanol–water partition coefficient (Wildman–Crippen LogP) is 4.59. The molecule has 0 aliphatic heterocycles. The molecule has 0 fully saturated rings. The van der Waals surface area contributed by atoms with Crippen LogP contribution in [-0.2, 0) is 17.8 Å². The van der Waals surface area contributed by atoms with Gasteiger partial charge in [-0.3, -0.25) is 4.79 Å². The molecule has 158 valence electrons. The Balaban J connectivity index is 0.00000364. The molecule has 28 heavy (non-hydrogen) atoms.